The Kier molecular flexibility index (Phi) is 7.69. The van der Waals surface area contributed by atoms with Crippen molar-refractivity contribution in [1.29, 1.82) is 0 Å². The van der Waals surface area contributed by atoms with Crippen molar-refractivity contribution in [2.45, 2.75) is 46.7 Å². The molecule has 120 valence electrons. The second-order valence-corrected chi connectivity index (χ2v) is 5.61. The average molecular weight is 300 g/mol. The molecular weight excluding hydrogens is 270 g/mol. The lowest BCUT2D eigenvalue weighted by atomic mass is 10.1. The number of benzene rings is 1. The number of quaternary nitrogens is 1. The van der Waals surface area contributed by atoms with E-state index in [2.05, 4.69) is 50.4 Å². The minimum atomic E-state index is 0.398. The highest BCUT2D eigenvalue weighted by Gasteiger charge is 2.18. The van der Waals surface area contributed by atoms with Gasteiger partial charge >= 0.3 is 0 Å². The highest BCUT2D eigenvalue weighted by atomic mass is 16.3. The lowest BCUT2D eigenvalue weighted by molar-refractivity contribution is -0.911. The largest absolute Gasteiger partial charge is 0.507 e. The summed E-state index contributed by atoms with van der Waals surface area (Å²) in [6.45, 7) is 9.05. The molecular formula is C20H30NO+. The first-order chi connectivity index (χ1) is 10.6. The molecule has 0 aliphatic heterocycles. The van der Waals surface area contributed by atoms with E-state index in [1.807, 2.05) is 32.9 Å². The van der Waals surface area contributed by atoms with E-state index < -0.39 is 0 Å². The number of nitrogens with one attached hydrogen (secondary N) is 1. The van der Waals surface area contributed by atoms with Crippen molar-refractivity contribution in [2.75, 3.05) is 7.05 Å². The lowest BCUT2D eigenvalue weighted by Crippen LogP contribution is -3.11. The van der Waals surface area contributed by atoms with Gasteiger partial charge in [-0.25, -0.2) is 0 Å². The van der Waals surface area contributed by atoms with Gasteiger partial charge in [0.1, 0.15) is 18.3 Å². The van der Waals surface area contributed by atoms with Crippen LogP contribution >= 0.6 is 0 Å². The SMILES string of the molecule is CC.Cc1ccc(C[NH+](C)C(C)C2=CC=CCC=C2)c(O)c1. The standard InChI is InChI=1S/C18H23NO.C2H6/c1-14-10-11-17(18(20)12-14)13-19(3)15(2)16-8-6-4-5-7-9-16;1-2/h4,6-12,15,20H,5,13H2,1-3H3;1-2H3/p+1. The molecule has 2 unspecified atom stereocenters. The highest BCUT2D eigenvalue weighted by Crippen LogP contribution is 2.17. The molecule has 0 aromatic heterocycles. The number of rotatable bonds is 4. The number of aromatic hydroxyl groups is 1. The van der Waals surface area contributed by atoms with Crippen molar-refractivity contribution in [3.05, 3.63) is 65.3 Å². The van der Waals surface area contributed by atoms with E-state index in [0.29, 0.717) is 11.8 Å². The summed E-state index contributed by atoms with van der Waals surface area (Å²) in [6, 6.07) is 6.31. The molecule has 1 aliphatic carbocycles. The fraction of sp³-hybridized carbons (Fsp3) is 0.400. The summed E-state index contributed by atoms with van der Waals surface area (Å²) in [5, 5.41) is 10.0. The van der Waals surface area contributed by atoms with E-state index in [9.17, 15) is 5.11 Å². The Morgan fingerprint density at radius 2 is 1.95 bits per heavy atom. The molecule has 0 bridgehead atoms. The molecule has 0 heterocycles. The Labute approximate surface area is 135 Å². The number of hydrogen-bond acceptors (Lipinski definition) is 1. The van der Waals surface area contributed by atoms with Gasteiger partial charge in [0.15, 0.2) is 0 Å². The maximum Gasteiger partial charge on any atom is 0.124 e. The molecule has 2 N–H and O–H groups in total. The summed E-state index contributed by atoms with van der Waals surface area (Å²) in [7, 11) is 2.17. The zero-order valence-corrected chi connectivity index (χ0v) is 14.6. The van der Waals surface area contributed by atoms with Gasteiger partial charge in [-0.15, -0.1) is 0 Å². The number of likely N-dealkylation sites (N-methyl/N-ethyl adjacent to an activating group) is 1. The van der Waals surface area contributed by atoms with Gasteiger partial charge in [0.25, 0.3) is 0 Å². The Hall–Kier alpha value is -1.80. The molecule has 0 radical (unpaired) electrons. The molecule has 2 nitrogen and oxygen atoms in total. The zero-order valence-electron chi connectivity index (χ0n) is 14.6. The van der Waals surface area contributed by atoms with Gasteiger partial charge in [0.2, 0.25) is 0 Å². The van der Waals surface area contributed by atoms with Crippen molar-refractivity contribution in [3.63, 3.8) is 0 Å². The van der Waals surface area contributed by atoms with E-state index in [0.717, 1.165) is 24.1 Å². The molecule has 0 saturated heterocycles. The fourth-order valence-corrected chi connectivity index (χ4v) is 2.45. The number of hydrogen-bond donors (Lipinski definition) is 2. The summed E-state index contributed by atoms with van der Waals surface area (Å²) < 4.78 is 0. The Morgan fingerprint density at radius 3 is 2.64 bits per heavy atom. The highest BCUT2D eigenvalue weighted by molar-refractivity contribution is 5.35. The Bertz CT molecular complexity index is 555. The van der Waals surface area contributed by atoms with Crippen LogP contribution in [-0.4, -0.2) is 18.2 Å². The number of aryl methyl sites for hydroxylation is 1. The molecule has 1 aliphatic rings. The van der Waals surface area contributed by atoms with Crippen LogP contribution in [0, 0.1) is 6.92 Å². The molecule has 2 atom stereocenters. The molecule has 1 aromatic rings. The summed E-state index contributed by atoms with van der Waals surface area (Å²) in [5.41, 5.74) is 3.44. The molecule has 0 saturated carbocycles. The van der Waals surface area contributed by atoms with E-state index in [1.165, 1.54) is 10.5 Å². The van der Waals surface area contributed by atoms with Gasteiger partial charge in [0, 0.05) is 11.1 Å². The maximum absolute atomic E-state index is 10.0. The van der Waals surface area contributed by atoms with Crippen LogP contribution in [0.3, 0.4) is 0 Å². The predicted octanol–water partition coefficient (Wildman–Crippen LogP) is 3.57. The van der Waals surface area contributed by atoms with Crippen LogP contribution in [0.2, 0.25) is 0 Å². The number of phenols is 1. The van der Waals surface area contributed by atoms with E-state index in [1.54, 1.807) is 0 Å². The minimum Gasteiger partial charge on any atom is -0.507 e. The number of allylic oxidation sites excluding steroid dienone is 4. The van der Waals surface area contributed by atoms with Crippen molar-refractivity contribution in [1.82, 2.24) is 0 Å². The third-order valence-electron chi connectivity index (χ3n) is 3.96. The Balaban J connectivity index is 0.00000116. The van der Waals surface area contributed by atoms with Crippen LogP contribution in [-0.2, 0) is 6.54 Å². The van der Waals surface area contributed by atoms with Gasteiger partial charge in [-0.1, -0.05) is 50.3 Å². The summed E-state index contributed by atoms with van der Waals surface area (Å²) in [5.74, 6) is 0.404. The van der Waals surface area contributed by atoms with Crippen LogP contribution in [0.15, 0.2) is 54.2 Å². The van der Waals surface area contributed by atoms with Crippen LogP contribution in [0.5, 0.6) is 5.75 Å². The van der Waals surface area contributed by atoms with Crippen molar-refractivity contribution in [2.24, 2.45) is 0 Å². The first-order valence-electron chi connectivity index (χ1n) is 8.22. The summed E-state index contributed by atoms with van der Waals surface area (Å²) >= 11 is 0. The maximum atomic E-state index is 10.0. The third-order valence-corrected chi connectivity index (χ3v) is 3.96. The third kappa shape index (κ3) is 5.19. The summed E-state index contributed by atoms with van der Waals surface area (Å²) in [4.78, 5) is 1.37. The topological polar surface area (TPSA) is 24.7 Å². The predicted molar refractivity (Wildman–Crippen MR) is 95.2 cm³/mol. The molecule has 2 rings (SSSR count). The molecule has 2 heteroatoms. The quantitative estimate of drug-likeness (QED) is 0.873. The van der Waals surface area contributed by atoms with Crippen molar-refractivity contribution >= 4 is 0 Å². The monoisotopic (exact) mass is 300 g/mol. The number of phenolic OH excluding ortho intramolecular Hbond substituents is 1. The normalized spacial score (nSPS) is 16.1. The Morgan fingerprint density at radius 1 is 1.23 bits per heavy atom. The zero-order chi connectivity index (χ0) is 16.5. The van der Waals surface area contributed by atoms with Gasteiger partial charge in [0.05, 0.1) is 7.05 Å². The van der Waals surface area contributed by atoms with Gasteiger partial charge in [-0.2, -0.15) is 0 Å². The fourth-order valence-electron chi connectivity index (χ4n) is 2.45. The van der Waals surface area contributed by atoms with Crippen LogP contribution in [0.1, 0.15) is 38.3 Å². The molecule has 0 spiro atoms. The van der Waals surface area contributed by atoms with Gasteiger partial charge in [-0.05, 0) is 38.0 Å². The average Bonchev–Trinajstić information content (AvgIpc) is 2.80. The molecule has 0 amide bonds. The smallest absolute Gasteiger partial charge is 0.124 e. The van der Waals surface area contributed by atoms with Crippen LogP contribution in [0.25, 0.3) is 0 Å². The second-order valence-electron chi connectivity index (χ2n) is 5.61. The van der Waals surface area contributed by atoms with Gasteiger partial charge in [-0.3, -0.25) is 0 Å². The molecule has 1 aromatic carbocycles. The van der Waals surface area contributed by atoms with Crippen LogP contribution in [0.4, 0.5) is 0 Å². The molecule has 22 heavy (non-hydrogen) atoms. The first-order valence-corrected chi connectivity index (χ1v) is 8.22. The minimum absolute atomic E-state index is 0.398. The van der Waals surface area contributed by atoms with E-state index in [4.69, 9.17) is 0 Å². The van der Waals surface area contributed by atoms with Crippen molar-refractivity contribution < 1.29 is 10.0 Å². The lowest BCUT2D eigenvalue weighted by Gasteiger charge is -2.23. The van der Waals surface area contributed by atoms with Gasteiger partial charge < -0.3 is 10.0 Å². The van der Waals surface area contributed by atoms with Crippen molar-refractivity contribution in [3.8, 4) is 5.75 Å². The van der Waals surface area contributed by atoms with Crippen LogP contribution < -0.4 is 4.90 Å². The van der Waals surface area contributed by atoms with E-state index in [-0.39, 0.29) is 0 Å². The first kappa shape index (κ1) is 18.2. The second kappa shape index (κ2) is 9.26. The summed E-state index contributed by atoms with van der Waals surface area (Å²) in [6.07, 6.45) is 11.9. The molecule has 0 fully saturated rings. The van der Waals surface area contributed by atoms with E-state index >= 15 is 0 Å².